The number of H-pyrrole nitrogens is 1. The number of aromatic amines is 1. The summed E-state index contributed by atoms with van der Waals surface area (Å²) in [7, 11) is -3.57. The molecule has 4 rings (SSSR count). The fourth-order valence-corrected chi connectivity index (χ4v) is 5.06. The van der Waals surface area contributed by atoms with Crippen molar-refractivity contribution in [1.82, 2.24) is 14.3 Å². The van der Waals surface area contributed by atoms with Crippen LogP contribution in [0.5, 0.6) is 0 Å². The average molecular weight is 360 g/mol. The van der Waals surface area contributed by atoms with E-state index in [1.807, 2.05) is 0 Å². The number of hydrogen-bond donors (Lipinski definition) is 1. The number of carbonyl (C=O) groups excluding carboxylic acids is 1. The first-order valence-electron chi connectivity index (χ1n) is 8.39. The topological polar surface area (TPSA) is 86.4 Å². The highest BCUT2D eigenvalue weighted by Gasteiger charge is 2.31. The minimum Gasteiger partial charge on any atom is -0.347 e. The third kappa shape index (κ3) is 2.75. The smallest absolute Gasteiger partial charge is 0.243 e. The minimum atomic E-state index is -3.57. The molecule has 2 aromatic rings. The van der Waals surface area contributed by atoms with Gasteiger partial charge in [0.1, 0.15) is 0 Å². The van der Waals surface area contributed by atoms with Crippen molar-refractivity contribution in [2.24, 2.45) is 0 Å². The lowest BCUT2D eigenvalue weighted by Gasteiger charge is -2.30. The summed E-state index contributed by atoms with van der Waals surface area (Å²) in [6.45, 7) is 2.96. The first kappa shape index (κ1) is 16.3. The molecule has 0 unspecified atom stereocenters. The maximum atomic E-state index is 13.0. The second-order valence-electron chi connectivity index (χ2n) is 6.48. The number of hydrogen-bond acceptors (Lipinski definition) is 4. The molecule has 8 heteroatoms. The van der Waals surface area contributed by atoms with E-state index in [0.29, 0.717) is 31.0 Å². The van der Waals surface area contributed by atoms with Gasteiger partial charge < -0.3 is 9.88 Å². The zero-order valence-electron chi connectivity index (χ0n) is 14.0. The van der Waals surface area contributed by atoms with Crippen LogP contribution in [0.25, 0.3) is 0 Å². The lowest BCUT2D eigenvalue weighted by atomic mass is 10.0. The second kappa shape index (κ2) is 5.96. The Labute approximate surface area is 146 Å². The molecule has 1 aromatic heterocycles. The SMILES string of the molecule is CC(=O)N1CCCc2cc(S(=O)(=O)N3CCc4nc[nH]c4C3)ccc21. The molecule has 0 aliphatic carbocycles. The monoisotopic (exact) mass is 360 g/mol. The molecule has 25 heavy (non-hydrogen) atoms. The molecule has 0 radical (unpaired) electrons. The van der Waals surface area contributed by atoms with E-state index in [0.717, 1.165) is 35.5 Å². The van der Waals surface area contributed by atoms with Gasteiger partial charge in [-0.05, 0) is 36.6 Å². The van der Waals surface area contributed by atoms with Gasteiger partial charge in [0, 0.05) is 32.1 Å². The van der Waals surface area contributed by atoms with Crippen LogP contribution in [-0.2, 0) is 34.2 Å². The van der Waals surface area contributed by atoms with Crippen LogP contribution in [0.1, 0.15) is 30.3 Å². The molecule has 0 fully saturated rings. The van der Waals surface area contributed by atoms with Crippen molar-refractivity contribution in [3.8, 4) is 0 Å². The number of imidazole rings is 1. The van der Waals surface area contributed by atoms with Crippen molar-refractivity contribution >= 4 is 21.6 Å². The number of anilines is 1. The van der Waals surface area contributed by atoms with Gasteiger partial charge in [-0.25, -0.2) is 13.4 Å². The molecule has 0 atom stereocenters. The van der Waals surface area contributed by atoms with E-state index in [2.05, 4.69) is 9.97 Å². The van der Waals surface area contributed by atoms with Crippen molar-refractivity contribution in [3.63, 3.8) is 0 Å². The number of rotatable bonds is 2. The number of sulfonamides is 1. The molecule has 2 aliphatic rings. The number of nitrogens with zero attached hydrogens (tertiary/aromatic N) is 3. The summed E-state index contributed by atoms with van der Waals surface area (Å²) < 4.78 is 27.5. The Bertz CT molecular complexity index is 935. The van der Waals surface area contributed by atoms with Crippen molar-refractivity contribution < 1.29 is 13.2 Å². The fourth-order valence-electron chi connectivity index (χ4n) is 3.60. The van der Waals surface area contributed by atoms with E-state index >= 15 is 0 Å². The molecule has 7 nitrogen and oxygen atoms in total. The maximum absolute atomic E-state index is 13.0. The number of carbonyl (C=O) groups is 1. The van der Waals surface area contributed by atoms with Gasteiger partial charge in [-0.15, -0.1) is 0 Å². The van der Waals surface area contributed by atoms with Crippen LogP contribution in [0.3, 0.4) is 0 Å². The summed E-state index contributed by atoms with van der Waals surface area (Å²) in [5.74, 6) is -0.0145. The van der Waals surface area contributed by atoms with Gasteiger partial charge in [0.15, 0.2) is 0 Å². The molecule has 0 saturated heterocycles. The summed E-state index contributed by atoms with van der Waals surface area (Å²) >= 11 is 0. The maximum Gasteiger partial charge on any atom is 0.243 e. The summed E-state index contributed by atoms with van der Waals surface area (Å²) in [4.78, 5) is 21.0. The highest BCUT2D eigenvalue weighted by Crippen LogP contribution is 2.31. The molecule has 2 aliphatic heterocycles. The van der Waals surface area contributed by atoms with Crippen LogP contribution in [-0.4, -0.2) is 41.7 Å². The number of amides is 1. The summed E-state index contributed by atoms with van der Waals surface area (Å²) in [5.41, 5.74) is 3.54. The van der Waals surface area contributed by atoms with Crippen molar-refractivity contribution in [2.45, 2.75) is 37.6 Å². The Morgan fingerprint density at radius 2 is 2.08 bits per heavy atom. The van der Waals surface area contributed by atoms with Gasteiger partial charge in [0.2, 0.25) is 15.9 Å². The molecule has 0 spiro atoms. The molecule has 132 valence electrons. The van der Waals surface area contributed by atoms with E-state index in [4.69, 9.17) is 0 Å². The standard InChI is InChI=1S/C17H20N4O3S/c1-12(22)21-7-2-3-13-9-14(4-5-17(13)21)25(23,24)20-8-6-15-16(10-20)19-11-18-15/h4-5,9,11H,2-3,6-8,10H2,1H3,(H,18,19). The van der Waals surface area contributed by atoms with Crippen LogP contribution in [0.2, 0.25) is 0 Å². The van der Waals surface area contributed by atoms with Gasteiger partial charge in [0.05, 0.1) is 29.2 Å². The molecule has 0 saturated carbocycles. The molecule has 1 aromatic carbocycles. The van der Waals surface area contributed by atoms with Crippen LogP contribution >= 0.6 is 0 Å². The fraction of sp³-hybridized carbons (Fsp3) is 0.412. The first-order valence-corrected chi connectivity index (χ1v) is 9.83. The molecule has 3 heterocycles. The number of benzene rings is 1. The lowest BCUT2D eigenvalue weighted by Crippen LogP contribution is -2.36. The van der Waals surface area contributed by atoms with Gasteiger partial charge in [-0.3, -0.25) is 4.79 Å². The van der Waals surface area contributed by atoms with Gasteiger partial charge in [0.25, 0.3) is 0 Å². The lowest BCUT2D eigenvalue weighted by molar-refractivity contribution is -0.116. The second-order valence-corrected chi connectivity index (χ2v) is 8.42. The third-order valence-corrected chi connectivity index (χ3v) is 6.77. The number of aromatic nitrogens is 2. The van der Waals surface area contributed by atoms with Crippen molar-refractivity contribution in [3.05, 3.63) is 41.5 Å². The Morgan fingerprint density at radius 1 is 1.24 bits per heavy atom. The third-order valence-electron chi connectivity index (χ3n) is 4.93. The van der Waals surface area contributed by atoms with E-state index in [1.54, 1.807) is 29.4 Å². The van der Waals surface area contributed by atoms with E-state index in [-0.39, 0.29) is 5.91 Å². The number of fused-ring (bicyclic) bond motifs is 2. The van der Waals surface area contributed by atoms with E-state index in [1.165, 1.54) is 11.2 Å². The Balaban J connectivity index is 1.67. The van der Waals surface area contributed by atoms with Crippen LogP contribution < -0.4 is 4.90 Å². The predicted molar refractivity (Wildman–Crippen MR) is 92.7 cm³/mol. The first-order chi connectivity index (χ1) is 12.0. The molecule has 1 N–H and O–H groups in total. The highest BCUT2D eigenvalue weighted by molar-refractivity contribution is 7.89. The van der Waals surface area contributed by atoms with Crippen molar-refractivity contribution in [2.75, 3.05) is 18.0 Å². The van der Waals surface area contributed by atoms with Crippen LogP contribution in [0.4, 0.5) is 5.69 Å². The zero-order chi connectivity index (χ0) is 17.6. The van der Waals surface area contributed by atoms with Crippen molar-refractivity contribution in [1.29, 1.82) is 0 Å². The Kier molecular flexibility index (Phi) is 3.88. The Morgan fingerprint density at radius 3 is 2.88 bits per heavy atom. The van der Waals surface area contributed by atoms with Crippen LogP contribution in [0.15, 0.2) is 29.4 Å². The number of aryl methyl sites for hydroxylation is 1. The molecule has 0 bridgehead atoms. The predicted octanol–water partition coefficient (Wildman–Crippen LogP) is 1.46. The zero-order valence-corrected chi connectivity index (χ0v) is 14.8. The summed E-state index contributed by atoms with van der Waals surface area (Å²) in [5, 5.41) is 0. The Hall–Kier alpha value is -2.19. The molecular weight excluding hydrogens is 340 g/mol. The quantitative estimate of drug-likeness (QED) is 0.878. The van der Waals surface area contributed by atoms with Gasteiger partial charge in [-0.2, -0.15) is 4.31 Å². The number of nitrogens with one attached hydrogen (secondary N) is 1. The van der Waals surface area contributed by atoms with Crippen LogP contribution in [0, 0.1) is 0 Å². The normalized spacial score (nSPS) is 17.9. The molecular formula is C17H20N4O3S. The summed E-state index contributed by atoms with van der Waals surface area (Å²) in [6.07, 6.45) is 3.85. The highest BCUT2D eigenvalue weighted by atomic mass is 32.2. The van der Waals surface area contributed by atoms with E-state index < -0.39 is 10.0 Å². The van der Waals surface area contributed by atoms with Gasteiger partial charge in [-0.1, -0.05) is 0 Å². The largest absolute Gasteiger partial charge is 0.347 e. The summed E-state index contributed by atoms with van der Waals surface area (Å²) in [6, 6.07) is 5.09. The minimum absolute atomic E-state index is 0.0145. The average Bonchev–Trinajstić information content (AvgIpc) is 3.08. The van der Waals surface area contributed by atoms with E-state index in [9.17, 15) is 13.2 Å². The molecule has 1 amide bonds. The van der Waals surface area contributed by atoms with Gasteiger partial charge >= 0.3 is 0 Å².